The number of nitriles is 1. The van der Waals surface area contributed by atoms with E-state index in [1.54, 1.807) is 31.4 Å². The van der Waals surface area contributed by atoms with Crippen molar-refractivity contribution in [1.82, 2.24) is 9.55 Å². The lowest BCUT2D eigenvalue weighted by Gasteiger charge is -2.13. The highest BCUT2D eigenvalue weighted by atomic mass is 16.5. The van der Waals surface area contributed by atoms with E-state index in [0.29, 0.717) is 28.6 Å². The van der Waals surface area contributed by atoms with Gasteiger partial charge in [-0.15, -0.1) is 0 Å². The van der Waals surface area contributed by atoms with Crippen LogP contribution in [0.4, 0.5) is 5.95 Å². The predicted molar refractivity (Wildman–Crippen MR) is 109 cm³/mol. The molecule has 154 valence electrons. The maximum absolute atomic E-state index is 13.4. The van der Waals surface area contributed by atoms with Crippen LogP contribution in [0.3, 0.4) is 0 Å². The van der Waals surface area contributed by atoms with Crippen LogP contribution in [-0.4, -0.2) is 43.8 Å². The molecular formula is C21H20N4O5. The minimum atomic E-state index is -0.458. The molecule has 9 heteroatoms. The van der Waals surface area contributed by atoms with Crippen molar-refractivity contribution in [3.63, 3.8) is 0 Å². The van der Waals surface area contributed by atoms with Gasteiger partial charge in [0.25, 0.3) is 0 Å². The molecule has 0 bridgehead atoms. The molecule has 0 amide bonds. The van der Waals surface area contributed by atoms with Crippen LogP contribution in [0.2, 0.25) is 0 Å². The van der Waals surface area contributed by atoms with Gasteiger partial charge in [0.05, 0.1) is 34.1 Å². The Bertz CT molecular complexity index is 1100. The summed E-state index contributed by atoms with van der Waals surface area (Å²) in [6, 6.07) is 9.90. The van der Waals surface area contributed by atoms with Gasteiger partial charge < -0.3 is 24.7 Å². The van der Waals surface area contributed by atoms with Crippen LogP contribution < -0.4 is 24.7 Å². The van der Waals surface area contributed by atoms with E-state index in [9.17, 15) is 10.1 Å². The first-order chi connectivity index (χ1) is 14.5. The van der Waals surface area contributed by atoms with Gasteiger partial charge in [0.1, 0.15) is 11.4 Å². The molecule has 0 saturated heterocycles. The number of anilines is 1. The second kappa shape index (κ2) is 8.45. The second-order valence-corrected chi connectivity index (χ2v) is 6.07. The molecule has 0 saturated carbocycles. The Labute approximate surface area is 173 Å². The van der Waals surface area contributed by atoms with Crippen molar-refractivity contribution >= 4 is 11.7 Å². The molecule has 0 unspecified atom stereocenters. The number of ether oxygens (including phenoxy) is 4. The monoisotopic (exact) mass is 408 g/mol. The van der Waals surface area contributed by atoms with Crippen molar-refractivity contribution in [2.75, 3.05) is 34.2 Å². The highest BCUT2D eigenvalue weighted by Gasteiger charge is 2.26. The Balaban J connectivity index is 2.19. The maximum atomic E-state index is 13.4. The van der Waals surface area contributed by atoms with Crippen LogP contribution in [0.15, 0.2) is 36.4 Å². The zero-order valence-corrected chi connectivity index (χ0v) is 16.9. The van der Waals surface area contributed by atoms with E-state index >= 15 is 0 Å². The highest BCUT2D eigenvalue weighted by molar-refractivity contribution is 6.12. The molecule has 0 spiro atoms. The fraction of sp³-hybridized carbons (Fsp3) is 0.190. The van der Waals surface area contributed by atoms with E-state index in [0.717, 1.165) is 4.57 Å². The molecule has 1 heterocycles. The quantitative estimate of drug-likeness (QED) is 0.592. The van der Waals surface area contributed by atoms with E-state index in [2.05, 4.69) is 4.98 Å². The number of ketones is 1. The molecule has 1 aromatic heterocycles. The number of aromatic nitrogens is 2. The summed E-state index contributed by atoms with van der Waals surface area (Å²) < 4.78 is 22.2. The van der Waals surface area contributed by atoms with Crippen LogP contribution >= 0.6 is 0 Å². The highest BCUT2D eigenvalue weighted by Crippen LogP contribution is 2.39. The topological polar surface area (TPSA) is 122 Å². The number of nitrogens with zero attached hydrogens (tertiary/aromatic N) is 3. The molecule has 9 nitrogen and oxygen atoms in total. The van der Waals surface area contributed by atoms with Gasteiger partial charge >= 0.3 is 0 Å². The van der Waals surface area contributed by atoms with Gasteiger partial charge in [-0.2, -0.15) is 5.26 Å². The number of rotatable bonds is 7. The van der Waals surface area contributed by atoms with Gasteiger partial charge in [-0.3, -0.25) is 4.79 Å². The van der Waals surface area contributed by atoms with Gasteiger partial charge in [-0.25, -0.2) is 9.55 Å². The minimum absolute atomic E-state index is 0.0217. The lowest BCUT2D eigenvalue weighted by atomic mass is 10.0. The summed E-state index contributed by atoms with van der Waals surface area (Å²) in [4.78, 5) is 17.5. The summed E-state index contributed by atoms with van der Waals surface area (Å²) in [5, 5.41) is 9.56. The summed E-state index contributed by atoms with van der Waals surface area (Å²) in [7, 11) is 5.93. The van der Waals surface area contributed by atoms with Gasteiger partial charge in [-0.1, -0.05) is 0 Å². The van der Waals surface area contributed by atoms with E-state index in [-0.39, 0.29) is 22.9 Å². The molecule has 0 aliphatic heterocycles. The lowest BCUT2D eigenvalue weighted by Crippen LogP contribution is -2.07. The van der Waals surface area contributed by atoms with Crippen molar-refractivity contribution in [1.29, 1.82) is 5.26 Å². The van der Waals surface area contributed by atoms with Crippen LogP contribution in [0, 0.1) is 11.5 Å². The average Bonchev–Trinajstić information content (AvgIpc) is 3.13. The van der Waals surface area contributed by atoms with Crippen molar-refractivity contribution in [3.05, 3.63) is 47.7 Å². The zero-order valence-electron chi connectivity index (χ0n) is 16.9. The first-order valence-electron chi connectivity index (χ1n) is 8.76. The number of benzene rings is 2. The fourth-order valence-electron chi connectivity index (χ4n) is 3.06. The number of nitrogens with two attached hydrogens (primary N) is 1. The van der Waals surface area contributed by atoms with E-state index in [4.69, 9.17) is 24.7 Å². The molecule has 0 aliphatic carbocycles. The van der Waals surface area contributed by atoms with Crippen molar-refractivity contribution in [2.24, 2.45) is 0 Å². The van der Waals surface area contributed by atoms with Crippen LogP contribution in [-0.2, 0) is 0 Å². The molecule has 0 aliphatic rings. The summed E-state index contributed by atoms with van der Waals surface area (Å²) >= 11 is 0. The molecule has 0 fully saturated rings. The third-order valence-electron chi connectivity index (χ3n) is 4.51. The van der Waals surface area contributed by atoms with Crippen LogP contribution in [0.5, 0.6) is 23.0 Å². The summed E-state index contributed by atoms with van der Waals surface area (Å²) in [6.45, 7) is 0. The van der Waals surface area contributed by atoms with Crippen molar-refractivity contribution in [3.8, 4) is 40.4 Å². The minimum Gasteiger partial charge on any atom is -0.497 e. The average molecular weight is 408 g/mol. The Hall–Kier alpha value is -4.19. The Morgan fingerprint density at radius 3 is 2.07 bits per heavy atom. The van der Waals surface area contributed by atoms with Crippen molar-refractivity contribution < 1.29 is 23.7 Å². The van der Waals surface area contributed by atoms with Crippen molar-refractivity contribution in [2.45, 2.75) is 0 Å². The van der Waals surface area contributed by atoms with Gasteiger partial charge in [-0.05, 0) is 36.4 Å². The van der Waals surface area contributed by atoms with Crippen LogP contribution in [0.25, 0.3) is 11.3 Å². The first kappa shape index (κ1) is 20.5. The van der Waals surface area contributed by atoms with E-state index in [1.165, 1.54) is 33.5 Å². The number of hydrogen-bond donors (Lipinski definition) is 1. The number of methoxy groups -OCH3 is 4. The zero-order chi connectivity index (χ0) is 21.8. The van der Waals surface area contributed by atoms with Gasteiger partial charge in [0.2, 0.25) is 17.5 Å². The smallest absolute Gasteiger partial charge is 0.215 e. The largest absolute Gasteiger partial charge is 0.497 e. The number of carbonyl (C=O) groups is 1. The number of carbonyl (C=O) groups excluding carboxylic acids is 1. The van der Waals surface area contributed by atoms with E-state index in [1.807, 2.05) is 6.19 Å². The summed E-state index contributed by atoms with van der Waals surface area (Å²) in [6.07, 6.45) is 1.96. The molecule has 0 atom stereocenters. The number of hydrogen-bond acceptors (Lipinski definition) is 8. The Morgan fingerprint density at radius 2 is 1.60 bits per heavy atom. The Kier molecular flexibility index (Phi) is 5.78. The molecule has 0 radical (unpaired) electrons. The molecule has 3 rings (SSSR count). The molecule has 2 aromatic carbocycles. The third-order valence-corrected chi connectivity index (χ3v) is 4.51. The van der Waals surface area contributed by atoms with Crippen LogP contribution in [0.1, 0.15) is 16.1 Å². The maximum Gasteiger partial charge on any atom is 0.215 e. The SMILES string of the molecule is COc1ccc(-c2c(C(=O)c3cc(OC)c(OC)c(OC)c3)nc(N)n2C#N)cc1. The standard InChI is InChI=1S/C21H20N4O5/c1-27-14-7-5-12(6-8-14)18-17(24-21(23)25(18)11-22)19(26)13-9-15(28-2)20(30-4)16(10-13)29-3/h5-10H,1-4H3,(H2,23,24). The molecule has 30 heavy (non-hydrogen) atoms. The number of imidazole rings is 1. The molecular weight excluding hydrogens is 388 g/mol. The fourth-order valence-corrected chi connectivity index (χ4v) is 3.06. The normalized spacial score (nSPS) is 10.2. The van der Waals surface area contributed by atoms with Gasteiger partial charge in [0, 0.05) is 11.1 Å². The predicted octanol–water partition coefficient (Wildman–Crippen LogP) is 2.73. The summed E-state index contributed by atoms with van der Waals surface area (Å²) in [5.74, 6) is 1.07. The molecule has 2 N–H and O–H groups in total. The Morgan fingerprint density at radius 1 is 1.00 bits per heavy atom. The van der Waals surface area contributed by atoms with Gasteiger partial charge in [0.15, 0.2) is 17.7 Å². The second-order valence-electron chi connectivity index (χ2n) is 6.07. The van der Waals surface area contributed by atoms with E-state index < -0.39 is 5.78 Å². The summed E-state index contributed by atoms with van der Waals surface area (Å²) in [5.41, 5.74) is 7.02. The third kappa shape index (κ3) is 3.46. The number of nitrogen functional groups attached to an aromatic ring is 1. The lowest BCUT2D eigenvalue weighted by molar-refractivity contribution is 0.103. The molecule has 3 aromatic rings. The first-order valence-corrected chi connectivity index (χ1v) is 8.76.